The van der Waals surface area contributed by atoms with Gasteiger partial charge in [-0.1, -0.05) is 541 Å². The summed E-state index contributed by atoms with van der Waals surface area (Å²) in [4.78, 5) is 0. The summed E-state index contributed by atoms with van der Waals surface area (Å²) < 4.78 is 31.2. The fourth-order valence-corrected chi connectivity index (χ4v) is 50.6. The summed E-state index contributed by atoms with van der Waals surface area (Å²) in [7, 11) is -7.55. The zero-order valence-electron chi connectivity index (χ0n) is 98.0. The maximum Gasteiger partial charge on any atom is 4.00 e. The van der Waals surface area contributed by atoms with Gasteiger partial charge in [-0.15, -0.1) is 0 Å². The minimum absolute atomic E-state index is 0. The van der Waals surface area contributed by atoms with Crippen LogP contribution in [-0.4, -0.2) is 136 Å². The first-order valence-electron chi connectivity index (χ1n) is 62.4. The molecule has 0 fully saturated rings. The van der Waals surface area contributed by atoms with Crippen molar-refractivity contribution in [2.24, 2.45) is 0 Å². The van der Waals surface area contributed by atoms with Gasteiger partial charge in [0.1, 0.15) is 0 Å². The summed E-state index contributed by atoms with van der Waals surface area (Å²) >= 11 is 25.7. The van der Waals surface area contributed by atoms with E-state index < -0.39 is 35.0 Å². The van der Waals surface area contributed by atoms with Crippen molar-refractivity contribution < 1.29 is 40.0 Å². The molecule has 834 valence electrons. The van der Waals surface area contributed by atoms with E-state index in [9.17, 15) is 0 Å². The molecule has 0 aromatic heterocycles. The van der Waals surface area contributed by atoms with E-state index in [2.05, 4.69) is 138 Å². The molecule has 0 unspecified atom stereocenters. The first kappa shape index (κ1) is 148. The number of hydrogen-bond acceptors (Lipinski definition) is 8. The van der Waals surface area contributed by atoms with Crippen LogP contribution in [0.15, 0.2) is 0 Å². The van der Waals surface area contributed by atoms with Gasteiger partial charge in [-0.3, -0.25) is 0 Å². The zero-order chi connectivity index (χ0) is 102. The van der Waals surface area contributed by atoms with Crippen molar-refractivity contribution in [3.05, 3.63) is 0 Å². The molecule has 0 bridgehead atoms. The first-order chi connectivity index (χ1) is 66.2. The molecule has 0 aromatic rings. The Bertz CT molecular complexity index is 2140. The Morgan fingerprint density at radius 2 is 0.190 bits per heavy atom. The van der Waals surface area contributed by atoms with Crippen LogP contribution >= 0.6 is 35.0 Å². The molecule has 0 radical (unpaired) electrons. The molecule has 0 rings (SSSR count). The molecule has 0 amide bonds. The number of ether oxygens (including phenoxy) is 4. The Hall–Kier alpha value is 2.81. The van der Waals surface area contributed by atoms with Crippen LogP contribution < -0.4 is 0 Å². The fraction of sp³-hybridized carbons (Fsp3) is 0.968. The first-order valence-corrected chi connectivity index (χ1v) is 74.9. The molecule has 0 aliphatic carbocycles. The van der Waals surface area contributed by atoms with Gasteiger partial charge < -0.3 is 69.5 Å². The van der Waals surface area contributed by atoms with Crippen LogP contribution in [-0.2, 0) is 90.5 Å². The second-order valence-corrected chi connectivity index (χ2v) is 69.0. The molecular weight excluding hydrogens is 1910 g/mol. The van der Waals surface area contributed by atoms with E-state index in [1.807, 2.05) is 0 Å². The van der Waals surface area contributed by atoms with E-state index in [0.29, 0.717) is 0 Å². The number of unbranched alkanes of at least 4 members (excludes halogenated alkanes) is 60. The van der Waals surface area contributed by atoms with Crippen LogP contribution in [0.5, 0.6) is 0 Å². The Morgan fingerprint density at radius 1 is 0.117 bits per heavy atom. The number of rotatable bonds is 100. The molecule has 13 heteroatoms. The van der Waals surface area contributed by atoms with E-state index in [4.69, 9.17) is 69.5 Å². The van der Waals surface area contributed by atoms with Crippen LogP contribution in [0, 0.1) is 0 Å². The van der Waals surface area contributed by atoms with Crippen molar-refractivity contribution >= 4 is 103 Å². The van der Waals surface area contributed by atoms with Crippen LogP contribution in [0.4, 0.5) is 0 Å². The second kappa shape index (κ2) is 105. The van der Waals surface area contributed by atoms with Gasteiger partial charge in [0.2, 0.25) is 0 Å². The summed E-state index contributed by atoms with van der Waals surface area (Å²) in [5.74, 6) is 21.9. The van der Waals surface area contributed by atoms with Crippen molar-refractivity contribution in [1.29, 1.82) is 0 Å². The fourth-order valence-electron chi connectivity index (χ4n) is 21.7. The molecule has 0 spiro atoms. The quantitative estimate of drug-likeness (QED) is 0.0258. The maximum absolute atomic E-state index is 6.67. The Balaban J connectivity index is -0.000000564. The van der Waals surface area contributed by atoms with Gasteiger partial charge in [-0.2, -0.15) is 0 Å². The van der Waals surface area contributed by atoms with E-state index in [1.54, 1.807) is 0 Å². The molecule has 0 aliphatic heterocycles. The SMILES string of the molecule is CCCCCCOC([S-])=S(CCCCCC)(CCCCCC)(CCCCCC)CCCCCC.CCCCCCOC([S-])=S(CCCCCC)(CCCCCC)(CCCCCC)CCCCCC.CCCCCCOC([S-])=S(CCCCCC)(CCCCCC)(CCCCCC)CCCCCC.CCCCCCOC([S-])=S(CCCCCC)(CCCCCC)(CCCCCC)CCCCCC.[Mo+4]. The topological polar surface area (TPSA) is 36.9 Å². The van der Waals surface area contributed by atoms with E-state index >= 15 is 0 Å². The minimum atomic E-state index is -1.89. The van der Waals surface area contributed by atoms with Crippen molar-refractivity contribution in [1.82, 2.24) is 0 Å². The van der Waals surface area contributed by atoms with Gasteiger partial charge in [0.05, 0.1) is 26.4 Å². The Kier molecular flexibility index (Phi) is 113. The Labute approximate surface area is 905 Å². The third-order valence-corrected chi connectivity index (χ3v) is 63.4. The van der Waals surface area contributed by atoms with Gasteiger partial charge in [-0.25, -0.2) is 35.0 Å². The predicted molar refractivity (Wildman–Crippen MR) is 664 cm³/mol. The molecular formula is C124H260MoO4S8. The Morgan fingerprint density at radius 3 is 0.263 bits per heavy atom. The summed E-state index contributed by atoms with van der Waals surface area (Å²) in [6.45, 7) is 50.0. The molecule has 137 heavy (non-hydrogen) atoms. The van der Waals surface area contributed by atoms with Gasteiger partial charge in [0.25, 0.3) is 0 Å². The van der Waals surface area contributed by atoms with Crippen LogP contribution in [0.25, 0.3) is 0 Å². The molecule has 0 heterocycles. The summed E-state index contributed by atoms with van der Waals surface area (Å²) in [6.07, 6.45) is 107. The monoisotopic (exact) mass is 2170 g/mol. The van der Waals surface area contributed by atoms with E-state index in [-0.39, 0.29) is 21.1 Å². The average Bonchev–Trinajstić information content (AvgIpc) is 0.765. The molecule has 0 saturated carbocycles. The van der Waals surface area contributed by atoms with Crippen molar-refractivity contribution in [2.45, 2.75) is 652 Å². The molecule has 4 nitrogen and oxygen atoms in total. The van der Waals surface area contributed by atoms with Gasteiger partial charge in [0.15, 0.2) is 0 Å². The molecule has 0 aromatic carbocycles. The van der Waals surface area contributed by atoms with Crippen molar-refractivity contribution in [2.75, 3.05) is 118 Å². The molecule has 0 atom stereocenters. The third-order valence-electron chi connectivity index (χ3n) is 31.3. The van der Waals surface area contributed by atoms with Gasteiger partial charge >= 0.3 is 21.1 Å². The third kappa shape index (κ3) is 71.4. The molecule has 0 saturated heterocycles. The molecule has 0 N–H and O–H groups in total. The molecule has 0 aliphatic rings. The van der Waals surface area contributed by atoms with E-state index in [1.165, 1.54) is 606 Å². The summed E-state index contributed by atoms with van der Waals surface area (Å²) in [5, 5.41) is 0. The zero-order valence-corrected chi connectivity index (χ0v) is 107. The second-order valence-electron chi connectivity index (χ2n) is 44.1. The predicted octanol–water partition coefficient (Wildman–Crippen LogP) is 43.5. The normalized spacial score (nSPS) is 13.1. The summed E-state index contributed by atoms with van der Waals surface area (Å²) in [5.41, 5.74) is 0. The van der Waals surface area contributed by atoms with Gasteiger partial charge in [-0.05, 0) is 220 Å². The smallest absolute Gasteiger partial charge is 0.726 e. The van der Waals surface area contributed by atoms with Crippen molar-refractivity contribution in [3.63, 3.8) is 0 Å². The number of hydrogen-bond donors (Lipinski definition) is 0. The largest absolute Gasteiger partial charge is 4.00 e. The standard InChI is InChI=1S/4C31H66OS2.Mo/c4*1-6-11-16-21-26-32-31(33)34(27-22-17-12-7-2,28-23-18-13-8-3,29-24-19-14-9-4)30-25-20-15-10-5;/h4*33H,6-30H2,1-5H3;/q;;;;+4/p-4. The van der Waals surface area contributed by atoms with Crippen LogP contribution in [0.2, 0.25) is 0 Å². The minimum Gasteiger partial charge on any atom is -0.726 e. The van der Waals surface area contributed by atoms with Crippen LogP contribution in [0.3, 0.4) is 0 Å². The van der Waals surface area contributed by atoms with Gasteiger partial charge in [0, 0.05) is 0 Å². The van der Waals surface area contributed by atoms with E-state index in [0.717, 1.165) is 44.0 Å². The summed E-state index contributed by atoms with van der Waals surface area (Å²) in [6, 6.07) is 0. The van der Waals surface area contributed by atoms with Crippen molar-refractivity contribution in [3.8, 4) is 0 Å². The van der Waals surface area contributed by atoms with Crippen LogP contribution in [0.1, 0.15) is 652 Å². The maximum atomic E-state index is 6.67. The average molecular weight is 2170 g/mol.